The Morgan fingerprint density at radius 3 is 2.14 bits per heavy atom. The molecule has 0 aromatic heterocycles. The van der Waals surface area contributed by atoms with Crippen molar-refractivity contribution in [3.8, 4) is 0 Å². The fourth-order valence-corrected chi connectivity index (χ4v) is 3.71. The van der Waals surface area contributed by atoms with Crippen molar-refractivity contribution in [2.75, 3.05) is 13.1 Å². The third-order valence-corrected chi connectivity index (χ3v) is 5.23. The van der Waals surface area contributed by atoms with E-state index in [9.17, 15) is 4.79 Å². The van der Waals surface area contributed by atoms with E-state index in [0.29, 0.717) is 23.9 Å². The fourth-order valence-electron chi connectivity index (χ4n) is 3.71. The van der Waals surface area contributed by atoms with Crippen LogP contribution in [0, 0.1) is 17.3 Å². The minimum Gasteiger partial charge on any atom is -0.481 e. The molecule has 1 saturated heterocycles. The van der Waals surface area contributed by atoms with Crippen LogP contribution in [-0.2, 0) is 9.63 Å². The summed E-state index contributed by atoms with van der Waals surface area (Å²) in [6, 6.07) is 0. The third-order valence-electron chi connectivity index (χ3n) is 5.23. The number of carbonyl (C=O) groups is 1. The Morgan fingerprint density at radius 1 is 1.10 bits per heavy atom. The zero-order valence-corrected chi connectivity index (χ0v) is 13.8. The lowest BCUT2D eigenvalue weighted by molar-refractivity contribution is -0.220. The van der Waals surface area contributed by atoms with Gasteiger partial charge in [0.15, 0.2) is 0 Å². The normalized spacial score (nSPS) is 29.5. The summed E-state index contributed by atoms with van der Waals surface area (Å²) in [5.41, 5.74) is 0.417. The number of carboxylic acid groups (broad SMARTS) is 1. The highest BCUT2D eigenvalue weighted by Crippen LogP contribution is 2.38. The second-order valence-corrected chi connectivity index (χ2v) is 7.92. The number of piperidine rings is 1. The van der Waals surface area contributed by atoms with Crippen LogP contribution in [0.25, 0.3) is 0 Å². The second-order valence-electron chi connectivity index (χ2n) is 7.92. The fraction of sp³-hybridized carbons (Fsp3) is 0.941. The second kappa shape index (κ2) is 7.10. The van der Waals surface area contributed by atoms with Crippen molar-refractivity contribution >= 4 is 5.97 Å². The molecule has 0 aromatic carbocycles. The predicted octanol–water partition coefficient (Wildman–Crippen LogP) is 3.71. The Bertz CT molecular complexity index is 334. The molecule has 0 amide bonds. The lowest BCUT2D eigenvalue weighted by atomic mass is 9.72. The predicted molar refractivity (Wildman–Crippen MR) is 82.8 cm³/mol. The first-order valence-corrected chi connectivity index (χ1v) is 8.48. The minimum absolute atomic E-state index is 0.310. The number of carboxylic acids is 1. The Hall–Kier alpha value is -0.610. The first kappa shape index (κ1) is 16.8. The number of hydrogen-bond acceptors (Lipinski definition) is 3. The van der Waals surface area contributed by atoms with Gasteiger partial charge in [-0.05, 0) is 55.8 Å². The maximum Gasteiger partial charge on any atom is 0.303 e. The topological polar surface area (TPSA) is 49.8 Å². The van der Waals surface area contributed by atoms with Gasteiger partial charge in [-0.15, -0.1) is 0 Å². The maximum absolute atomic E-state index is 10.7. The molecule has 0 aromatic rings. The highest BCUT2D eigenvalue weighted by Gasteiger charge is 2.31. The largest absolute Gasteiger partial charge is 0.481 e. The monoisotopic (exact) mass is 297 g/mol. The standard InChI is InChI=1S/C17H31NO3/c1-17(2,3)14-4-6-15(7-5-14)21-18-10-8-13(9-11-18)12-16(19)20/h13-15H,4-12H2,1-3H3,(H,19,20). The molecule has 0 unspecified atom stereocenters. The lowest BCUT2D eigenvalue weighted by Crippen LogP contribution is -2.39. The van der Waals surface area contributed by atoms with Crippen molar-refractivity contribution in [3.63, 3.8) is 0 Å². The average Bonchev–Trinajstić information content (AvgIpc) is 2.40. The summed E-state index contributed by atoms with van der Waals surface area (Å²) in [5.74, 6) is 0.479. The smallest absolute Gasteiger partial charge is 0.303 e. The third kappa shape index (κ3) is 5.26. The van der Waals surface area contributed by atoms with E-state index in [-0.39, 0.29) is 0 Å². The van der Waals surface area contributed by atoms with E-state index in [4.69, 9.17) is 9.94 Å². The van der Waals surface area contributed by atoms with Gasteiger partial charge in [0.25, 0.3) is 0 Å². The van der Waals surface area contributed by atoms with Crippen LogP contribution >= 0.6 is 0 Å². The summed E-state index contributed by atoms with van der Waals surface area (Å²) in [6.07, 6.45) is 7.44. The Balaban J connectivity index is 1.67. The van der Waals surface area contributed by atoms with Crippen molar-refractivity contribution in [3.05, 3.63) is 0 Å². The van der Waals surface area contributed by atoms with Gasteiger partial charge < -0.3 is 5.11 Å². The highest BCUT2D eigenvalue weighted by molar-refractivity contribution is 5.67. The van der Waals surface area contributed by atoms with Gasteiger partial charge >= 0.3 is 5.97 Å². The van der Waals surface area contributed by atoms with Crippen LogP contribution in [0.2, 0.25) is 0 Å². The van der Waals surface area contributed by atoms with Gasteiger partial charge in [0.1, 0.15) is 0 Å². The van der Waals surface area contributed by atoms with Crippen molar-refractivity contribution in [2.24, 2.45) is 17.3 Å². The molecule has 2 rings (SSSR count). The zero-order chi connectivity index (χ0) is 15.5. The van der Waals surface area contributed by atoms with Gasteiger partial charge in [-0.2, -0.15) is 5.06 Å². The van der Waals surface area contributed by atoms with Crippen molar-refractivity contribution in [2.45, 2.75) is 71.8 Å². The molecule has 1 heterocycles. The number of hydrogen-bond donors (Lipinski definition) is 1. The molecule has 0 bridgehead atoms. The lowest BCUT2D eigenvalue weighted by Gasteiger charge is -2.39. The molecule has 0 radical (unpaired) electrons. The quantitative estimate of drug-likeness (QED) is 0.859. The first-order valence-electron chi connectivity index (χ1n) is 8.48. The van der Waals surface area contributed by atoms with Crippen LogP contribution < -0.4 is 0 Å². The summed E-state index contributed by atoms with van der Waals surface area (Å²) >= 11 is 0. The van der Waals surface area contributed by atoms with Crippen LogP contribution in [0.3, 0.4) is 0 Å². The molecule has 21 heavy (non-hydrogen) atoms. The Morgan fingerprint density at radius 2 is 1.67 bits per heavy atom. The molecular formula is C17H31NO3. The molecular weight excluding hydrogens is 266 g/mol. The molecule has 1 aliphatic heterocycles. The average molecular weight is 297 g/mol. The number of rotatable bonds is 4. The van der Waals surface area contributed by atoms with E-state index in [1.807, 2.05) is 0 Å². The van der Waals surface area contributed by atoms with Gasteiger partial charge in [-0.1, -0.05) is 20.8 Å². The first-order chi connectivity index (χ1) is 9.84. The molecule has 1 N–H and O–H groups in total. The van der Waals surface area contributed by atoms with Crippen molar-refractivity contribution < 1.29 is 14.7 Å². The number of nitrogens with zero attached hydrogens (tertiary/aromatic N) is 1. The van der Waals surface area contributed by atoms with E-state index in [1.54, 1.807) is 0 Å². The molecule has 0 spiro atoms. The summed E-state index contributed by atoms with van der Waals surface area (Å²) < 4.78 is 0. The van der Waals surface area contributed by atoms with Crippen LogP contribution in [0.5, 0.6) is 0 Å². The van der Waals surface area contributed by atoms with Gasteiger partial charge in [0.2, 0.25) is 0 Å². The van der Waals surface area contributed by atoms with E-state index >= 15 is 0 Å². The van der Waals surface area contributed by atoms with Crippen LogP contribution in [-0.4, -0.2) is 35.3 Å². The van der Waals surface area contributed by atoms with Gasteiger partial charge in [-0.25, -0.2) is 0 Å². The van der Waals surface area contributed by atoms with E-state index in [0.717, 1.165) is 44.7 Å². The molecule has 4 nitrogen and oxygen atoms in total. The summed E-state index contributed by atoms with van der Waals surface area (Å²) in [5, 5.41) is 10.9. The van der Waals surface area contributed by atoms with Gasteiger partial charge in [-0.3, -0.25) is 9.63 Å². The number of hydroxylamine groups is 2. The molecule has 2 fully saturated rings. The minimum atomic E-state index is -0.671. The highest BCUT2D eigenvalue weighted by atomic mass is 16.7. The SMILES string of the molecule is CC(C)(C)C1CCC(ON2CCC(CC(=O)O)CC2)CC1. The maximum atomic E-state index is 10.7. The van der Waals surface area contributed by atoms with Gasteiger partial charge in [0, 0.05) is 19.5 Å². The summed E-state index contributed by atoms with van der Waals surface area (Å²) in [6.45, 7) is 8.79. The van der Waals surface area contributed by atoms with E-state index < -0.39 is 5.97 Å². The van der Waals surface area contributed by atoms with Gasteiger partial charge in [0.05, 0.1) is 6.10 Å². The zero-order valence-electron chi connectivity index (χ0n) is 13.8. The van der Waals surface area contributed by atoms with Crippen molar-refractivity contribution in [1.29, 1.82) is 0 Å². The molecule has 1 aliphatic carbocycles. The van der Waals surface area contributed by atoms with Crippen LogP contribution in [0.4, 0.5) is 0 Å². The molecule has 122 valence electrons. The Labute approximate surface area is 128 Å². The Kier molecular flexibility index (Phi) is 5.67. The molecule has 4 heteroatoms. The molecule has 1 saturated carbocycles. The summed E-state index contributed by atoms with van der Waals surface area (Å²) in [7, 11) is 0. The van der Waals surface area contributed by atoms with Crippen LogP contribution in [0.1, 0.15) is 65.7 Å². The molecule has 0 atom stereocenters. The number of aliphatic carboxylic acids is 1. The molecule has 2 aliphatic rings. The van der Waals surface area contributed by atoms with E-state index in [2.05, 4.69) is 25.8 Å². The van der Waals surface area contributed by atoms with Crippen molar-refractivity contribution in [1.82, 2.24) is 5.06 Å². The van der Waals surface area contributed by atoms with Crippen LogP contribution in [0.15, 0.2) is 0 Å². The van der Waals surface area contributed by atoms with E-state index in [1.165, 1.54) is 12.8 Å². The summed E-state index contributed by atoms with van der Waals surface area (Å²) in [4.78, 5) is 16.9.